The number of rotatable bonds is 16. The minimum Gasteiger partial charge on any atom is -0.493 e. The molecule has 0 unspecified atom stereocenters. The van der Waals surface area contributed by atoms with Crippen molar-refractivity contribution in [3.63, 3.8) is 0 Å². The van der Waals surface area contributed by atoms with Gasteiger partial charge in [-0.05, 0) is 112 Å². The molecule has 0 aliphatic carbocycles. The summed E-state index contributed by atoms with van der Waals surface area (Å²) in [7, 11) is 2.11. The van der Waals surface area contributed by atoms with Crippen molar-refractivity contribution in [1.29, 1.82) is 5.26 Å². The number of hydrogen-bond donors (Lipinski definition) is 0. The van der Waals surface area contributed by atoms with Crippen LogP contribution in [-0.2, 0) is 26.3 Å². The van der Waals surface area contributed by atoms with Crippen molar-refractivity contribution in [1.82, 2.24) is 19.8 Å². The highest BCUT2D eigenvalue weighted by molar-refractivity contribution is 6.32. The van der Waals surface area contributed by atoms with Gasteiger partial charge in [-0.2, -0.15) is 5.26 Å². The van der Waals surface area contributed by atoms with Gasteiger partial charge < -0.3 is 19.1 Å². The molecule has 2 aromatic heterocycles. The molecule has 0 saturated carbocycles. The summed E-state index contributed by atoms with van der Waals surface area (Å²) >= 11 is 6.92. The van der Waals surface area contributed by atoms with E-state index in [0.717, 1.165) is 83.0 Å². The highest BCUT2D eigenvalue weighted by atomic mass is 35.5. The van der Waals surface area contributed by atoms with Crippen LogP contribution in [0.25, 0.3) is 11.1 Å². The standard InChI is InChI=1S/C45H50ClN5O3/c1-32-12-6-8-20-51(32)28-38-23-42(46)45(24-44(38)53-30-36-22-35(25-47)26-48-27-36)54-31-37-13-9-15-40(33(37)2)41-16-10-17-43(34(41)3)52-21-11-19-50(4)29-39-14-5-7-18-49-39/h5,7,9-10,13-18,22-24,26-27,32H,6,8,11-12,19-21,28-31H2,1-4H3/t32-/m1/s1. The van der Waals surface area contributed by atoms with Crippen LogP contribution in [0.1, 0.15) is 71.7 Å². The van der Waals surface area contributed by atoms with Gasteiger partial charge in [0.15, 0.2) is 0 Å². The molecule has 1 aliphatic rings. The number of aromatic nitrogens is 2. The summed E-state index contributed by atoms with van der Waals surface area (Å²) in [6.45, 7) is 11.3. The van der Waals surface area contributed by atoms with Gasteiger partial charge in [-0.1, -0.05) is 54.4 Å². The number of halogens is 1. The fourth-order valence-corrected chi connectivity index (χ4v) is 7.30. The number of likely N-dealkylation sites (tertiary alicyclic amines) is 1. The Balaban J connectivity index is 1.14. The molecule has 5 aromatic rings. The molecule has 1 saturated heterocycles. The Morgan fingerprint density at radius 3 is 2.48 bits per heavy atom. The summed E-state index contributed by atoms with van der Waals surface area (Å²) in [5, 5.41) is 9.91. The van der Waals surface area contributed by atoms with Crippen LogP contribution < -0.4 is 14.2 Å². The van der Waals surface area contributed by atoms with Gasteiger partial charge in [0, 0.05) is 61.5 Å². The zero-order chi connectivity index (χ0) is 37.9. The zero-order valence-electron chi connectivity index (χ0n) is 31.9. The second-order valence-corrected chi connectivity index (χ2v) is 14.7. The molecule has 0 N–H and O–H groups in total. The second-order valence-electron chi connectivity index (χ2n) is 14.3. The molecular weight excluding hydrogens is 694 g/mol. The molecule has 8 nitrogen and oxygen atoms in total. The Hall–Kier alpha value is -4.94. The van der Waals surface area contributed by atoms with Crippen LogP contribution in [0.4, 0.5) is 0 Å². The van der Waals surface area contributed by atoms with Crippen LogP contribution in [0.5, 0.6) is 17.2 Å². The Bertz CT molecular complexity index is 2050. The average molecular weight is 744 g/mol. The molecule has 3 aromatic carbocycles. The largest absolute Gasteiger partial charge is 0.493 e. The lowest BCUT2D eigenvalue weighted by Gasteiger charge is -2.33. The van der Waals surface area contributed by atoms with Crippen LogP contribution >= 0.6 is 11.6 Å². The Kier molecular flexibility index (Phi) is 13.6. The highest BCUT2D eigenvalue weighted by Gasteiger charge is 2.22. The third kappa shape index (κ3) is 10.2. The third-order valence-electron chi connectivity index (χ3n) is 10.3. The summed E-state index contributed by atoms with van der Waals surface area (Å²) in [6, 6.07) is 27.0. The number of pyridine rings is 2. The van der Waals surface area contributed by atoms with Crippen LogP contribution in [0.3, 0.4) is 0 Å². The Morgan fingerprint density at radius 1 is 0.870 bits per heavy atom. The minimum atomic E-state index is 0.276. The summed E-state index contributed by atoms with van der Waals surface area (Å²) < 4.78 is 19.2. The third-order valence-corrected chi connectivity index (χ3v) is 10.5. The summed E-state index contributed by atoms with van der Waals surface area (Å²) in [5.74, 6) is 2.18. The van der Waals surface area contributed by atoms with E-state index in [0.29, 0.717) is 41.3 Å². The van der Waals surface area contributed by atoms with Crippen molar-refractivity contribution in [2.75, 3.05) is 26.7 Å². The lowest BCUT2D eigenvalue weighted by atomic mass is 9.93. The summed E-state index contributed by atoms with van der Waals surface area (Å²) in [6.07, 6.45) is 9.65. The van der Waals surface area contributed by atoms with Gasteiger partial charge >= 0.3 is 0 Å². The fraction of sp³-hybridized carbons (Fsp3) is 0.356. The Morgan fingerprint density at radius 2 is 1.69 bits per heavy atom. The molecule has 1 aliphatic heterocycles. The van der Waals surface area contributed by atoms with Crippen molar-refractivity contribution in [2.24, 2.45) is 0 Å². The molecular formula is C45H50ClN5O3. The SMILES string of the molecule is Cc1c(COc2cc(OCc3cncc(C#N)c3)c(CN3CCCC[C@H]3C)cc2Cl)cccc1-c1cccc(OCCCN(C)Cc2ccccn2)c1C. The first kappa shape index (κ1) is 38.8. The molecule has 0 radical (unpaired) electrons. The quantitative estimate of drug-likeness (QED) is 0.0925. The highest BCUT2D eigenvalue weighted by Crippen LogP contribution is 2.37. The van der Waals surface area contributed by atoms with Crippen LogP contribution in [-0.4, -0.2) is 52.6 Å². The van der Waals surface area contributed by atoms with Crippen molar-refractivity contribution < 1.29 is 14.2 Å². The predicted octanol–water partition coefficient (Wildman–Crippen LogP) is 9.72. The van der Waals surface area contributed by atoms with E-state index in [4.69, 9.17) is 25.8 Å². The Labute approximate surface area is 325 Å². The van der Waals surface area contributed by atoms with Gasteiger partial charge in [0.2, 0.25) is 0 Å². The van der Waals surface area contributed by atoms with E-state index in [-0.39, 0.29) is 6.61 Å². The van der Waals surface area contributed by atoms with Crippen molar-refractivity contribution >= 4 is 11.6 Å². The molecule has 280 valence electrons. The molecule has 6 rings (SSSR count). The minimum absolute atomic E-state index is 0.276. The first-order valence-electron chi connectivity index (χ1n) is 18.8. The first-order chi connectivity index (χ1) is 26.3. The fourth-order valence-electron chi connectivity index (χ4n) is 7.06. The van der Waals surface area contributed by atoms with E-state index in [9.17, 15) is 5.26 Å². The molecule has 0 amide bonds. The van der Waals surface area contributed by atoms with Crippen molar-refractivity contribution in [3.8, 4) is 34.4 Å². The van der Waals surface area contributed by atoms with E-state index < -0.39 is 0 Å². The monoisotopic (exact) mass is 743 g/mol. The lowest BCUT2D eigenvalue weighted by molar-refractivity contribution is 0.150. The van der Waals surface area contributed by atoms with Crippen LogP contribution in [0.15, 0.2) is 91.4 Å². The number of nitrogens with zero attached hydrogens (tertiary/aromatic N) is 5. The van der Waals surface area contributed by atoms with Gasteiger partial charge in [0.25, 0.3) is 0 Å². The van der Waals surface area contributed by atoms with E-state index in [1.54, 1.807) is 18.5 Å². The number of nitriles is 1. The maximum atomic E-state index is 9.36. The molecule has 54 heavy (non-hydrogen) atoms. The lowest BCUT2D eigenvalue weighted by Crippen LogP contribution is -2.36. The summed E-state index contributed by atoms with van der Waals surface area (Å²) in [4.78, 5) is 13.4. The molecule has 1 atom stereocenters. The van der Waals surface area contributed by atoms with Gasteiger partial charge in [-0.3, -0.25) is 14.9 Å². The van der Waals surface area contributed by atoms with E-state index in [1.807, 2.05) is 36.5 Å². The smallest absolute Gasteiger partial charge is 0.142 e. The number of piperidine rings is 1. The number of ether oxygens (including phenoxy) is 3. The molecule has 9 heteroatoms. The molecule has 1 fully saturated rings. The molecule has 3 heterocycles. The van der Waals surface area contributed by atoms with Crippen molar-refractivity contribution in [2.45, 2.75) is 78.8 Å². The van der Waals surface area contributed by atoms with E-state index in [1.165, 1.54) is 19.3 Å². The van der Waals surface area contributed by atoms with Gasteiger partial charge in [-0.25, -0.2) is 0 Å². The van der Waals surface area contributed by atoms with Crippen LogP contribution in [0, 0.1) is 25.2 Å². The van der Waals surface area contributed by atoms with Gasteiger partial charge in [-0.15, -0.1) is 0 Å². The maximum absolute atomic E-state index is 9.36. The van der Waals surface area contributed by atoms with E-state index >= 15 is 0 Å². The topological polar surface area (TPSA) is 83.7 Å². The van der Waals surface area contributed by atoms with Gasteiger partial charge in [0.05, 0.1) is 22.9 Å². The molecule has 0 bridgehead atoms. The predicted molar refractivity (Wildman–Crippen MR) is 215 cm³/mol. The maximum Gasteiger partial charge on any atom is 0.142 e. The first-order valence-corrected chi connectivity index (χ1v) is 19.2. The second kappa shape index (κ2) is 18.9. The van der Waals surface area contributed by atoms with Gasteiger partial charge in [0.1, 0.15) is 36.5 Å². The zero-order valence-corrected chi connectivity index (χ0v) is 32.6. The van der Waals surface area contributed by atoms with Crippen molar-refractivity contribution in [3.05, 3.63) is 135 Å². The average Bonchev–Trinajstić information content (AvgIpc) is 3.18. The van der Waals surface area contributed by atoms with Crippen LogP contribution in [0.2, 0.25) is 5.02 Å². The normalized spacial score (nSPS) is 14.5. The number of hydrogen-bond acceptors (Lipinski definition) is 8. The number of benzene rings is 3. The van der Waals surface area contributed by atoms with E-state index in [2.05, 4.69) is 90.1 Å². The molecule has 0 spiro atoms. The summed E-state index contributed by atoms with van der Waals surface area (Å²) in [5.41, 5.74) is 9.01.